The van der Waals surface area contributed by atoms with Gasteiger partial charge in [-0.1, -0.05) is 12.1 Å². The normalized spacial score (nSPS) is 18.9. The van der Waals surface area contributed by atoms with Gasteiger partial charge in [0, 0.05) is 13.1 Å². The summed E-state index contributed by atoms with van der Waals surface area (Å²) >= 11 is 0. The van der Waals surface area contributed by atoms with Crippen molar-refractivity contribution < 1.29 is 14.6 Å². The minimum atomic E-state index is -0.574. The van der Waals surface area contributed by atoms with E-state index >= 15 is 0 Å². The number of fused-ring (bicyclic) bond motifs is 3. The van der Waals surface area contributed by atoms with Crippen molar-refractivity contribution in [3.63, 3.8) is 0 Å². The van der Waals surface area contributed by atoms with Gasteiger partial charge in [0.1, 0.15) is 30.8 Å². The van der Waals surface area contributed by atoms with Crippen LogP contribution in [0.2, 0.25) is 0 Å². The van der Waals surface area contributed by atoms with Crippen molar-refractivity contribution in [2.75, 3.05) is 52.5 Å². The topological polar surface area (TPSA) is 45.2 Å². The molecule has 5 rings (SSSR count). The molecule has 2 aliphatic heterocycles. The number of hydrogen-bond acceptors (Lipinski definition) is 5. The zero-order valence-corrected chi connectivity index (χ0v) is 16.3. The second-order valence-corrected chi connectivity index (χ2v) is 7.99. The van der Waals surface area contributed by atoms with Gasteiger partial charge < -0.3 is 14.6 Å². The van der Waals surface area contributed by atoms with Crippen LogP contribution in [0.1, 0.15) is 30.1 Å². The predicted molar refractivity (Wildman–Crippen MR) is 109 cm³/mol. The molecule has 5 heteroatoms. The monoisotopic (exact) mass is 380 g/mol. The molecule has 0 bridgehead atoms. The SMILES string of the molecule is OC1c2ccc(OCCN3CCC3)cc2-c2cc(OCCN3CCC3)ccc21. The lowest BCUT2D eigenvalue weighted by Crippen LogP contribution is -2.39. The van der Waals surface area contributed by atoms with Crippen LogP contribution in [0.3, 0.4) is 0 Å². The van der Waals surface area contributed by atoms with Crippen molar-refractivity contribution in [1.82, 2.24) is 9.80 Å². The first-order valence-corrected chi connectivity index (χ1v) is 10.4. The second kappa shape index (κ2) is 7.74. The summed E-state index contributed by atoms with van der Waals surface area (Å²) in [4.78, 5) is 4.80. The van der Waals surface area contributed by atoms with Gasteiger partial charge in [-0.05, 0) is 85.5 Å². The molecule has 0 atom stereocenters. The molecule has 1 aliphatic carbocycles. The Bertz CT molecular complexity index is 776. The number of likely N-dealkylation sites (tertiary alicyclic amines) is 2. The molecule has 2 saturated heterocycles. The largest absolute Gasteiger partial charge is 0.492 e. The molecule has 3 aliphatic rings. The van der Waals surface area contributed by atoms with Gasteiger partial charge in [-0.25, -0.2) is 0 Å². The number of aliphatic hydroxyl groups excluding tert-OH is 1. The third-order valence-corrected chi connectivity index (χ3v) is 6.18. The molecule has 0 aromatic heterocycles. The van der Waals surface area contributed by atoms with E-state index in [1.54, 1.807) is 0 Å². The number of aliphatic hydroxyl groups is 1. The molecule has 0 saturated carbocycles. The van der Waals surface area contributed by atoms with Crippen molar-refractivity contribution in [2.45, 2.75) is 18.9 Å². The first kappa shape index (κ1) is 18.0. The van der Waals surface area contributed by atoms with Crippen LogP contribution in [0.5, 0.6) is 11.5 Å². The number of nitrogens with zero attached hydrogens (tertiary/aromatic N) is 2. The van der Waals surface area contributed by atoms with E-state index in [0.29, 0.717) is 13.2 Å². The molecule has 1 N–H and O–H groups in total. The first-order chi connectivity index (χ1) is 13.8. The molecule has 2 aromatic rings. The summed E-state index contributed by atoms with van der Waals surface area (Å²) in [6.07, 6.45) is 2.03. The highest BCUT2D eigenvalue weighted by Crippen LogP contribution is 2.46. The lowest BCUT2D eigenvalue weighted by atomic mass is 10.1. The average molecular weight is 380 g/mol. The Morgan fingerprint density at radius 2 is 1.21 bits per heavy atom. The number of hydrogen-bond donors (Lipinski definition) is 1. The average Bonchev–Trinajstić information content (AvgIpc) is 2.91. The summed E-state index contributed by atoms with van der Waals surface area (Å²) < 4.78 is 11.9. The molecular formula is C23H28N2O3. The van der Waals surface area contributed by atoms with Crippen LogP contribution in [0.25, 0.3) is 11.1 Å². The van der Waals surface area contributed by atoms with Crippen LogP contribution < -0.4 is 9.47 Å². The van der Waals surface area contributed by atoms with E-state index in [9.17, 15) is 5.11 Å². The number of benzene rings is 2. The zero-order valence-electron chi connectivity index (χ0n) is 16.3. The molecule has 5 nitrogen and oxygen atoms in total. The Hall–Kier alpha value is -2.08. The van der Waals surface area contributed by atoms with Crippen LogP contribution in [0.4, 0.5) is 0 Å². The van der Waals surface area contributed by atoms with Gasteiger partial charge in [0.15, 0.2) is 0 Å². The second-order valence-electron chi connectivity index (χ2n) is 7.99. The number of rotatable bonds is 8. The van der Waals surface area contributed by atoms with Crippen LogP contribution in [0, 0.1) is 0 Å². The summed E-state index contributed by atoms with van der Waals surface area (Å²) in [6, 6.07) is 12.0. The third-order valence-electron chi connectivity index (χ3n) is 6.18. The molecule has 0 spiro atoms. The Kier molecular flexibility index (Phi) is 4.97. The van der Waals surface area contributed by atoms with Gasteiger partial charge >= 0.3 is 0 Å². The van der Waals surface area contributed by atoms with E-state index in [-0.39, 0.29) is 0 Å². The zero-order chi connectivity index (χ0) is 18.9. The quantitative estimate of drug-likeness (QED) is 0.763. The molecule has 2 aromatic carbocycles. The Morgan fingerprint density at radius 3 is 1.61 bits per heavy atom. The fourth-order valence-corrected chi connectivity index (χ4v) is 4.16. The standard InChI is InChI=1S/C23H28N2O3/c26-23-19-5-3-17(27-13-11-24-7-1-8-24)15-21(19)22-16-18(4-6-20(22)23)28-14-12-25-9-2-10-25/h3-6,15-16,23,26H,1-2,7-14H2. The minimum absolute atomic E-state index is 0.574. The van der Waals surface area contributed by atoms with Gasteiger partial charge in [-0.3, -0.25) is 9.80 Å². The molecule has 2 fully saturated rings. The van der Waals surface area contributed by atoms with E-state index in [0.717, 1.165) is 46.8 Å². The van der Waals surface area contributed by atoms with Crippen molar-refractivity contribution in [3.8, 4) is 22.6 Å². The fraction of sp³-hybridized carbons (Fsp3) is 0.478. The Labute approximate surface area is 166 Å². The minimum Gasteiger partial charge on any atom is -0.492 e. The third kappa shape index (κ3) is 3.50. The maximum absolute atomic E-state index is 10.7. The molecule has 2 heterocycles. The van der Waals surface area contributed by atoms with Crippen molar-refractivity contribution in [3.05, 3.63) is 47.5 Å². The summed E-state index contributed by atoms with van der Waals surface area (Å²) in [7, 11) is 0. The lowest BCUT2D eigenvalue weighted by Gasteiger charge is -2.30. The van der Waals surface area contributed by atoms with Gasteiger partial charge in [0.2, 0.25) is 0 Å². The van der Waals surface area contributed by atoms with E-state index in [1.807, 2.05) is 24.3 Å². The van der Waals surface area contributed by atoms with Crippen molar-refractivity contribution in [2.24, 2.45) is 0 Å². The molecule has 0 unspecified atom stereocenters. The highest BCUT2D eigenvalue weighted by atomic mass is 16.5. The van der Waals surface area contributed by atoms with Crippen LogP contribution >= 0.6 is 0 Å². The smallest absolute Gasteiger partial charge is 0.120 e. The van der Waals surface area contributed by atoms with E-state index in [4.69, 9.17) is 9.47 Å². The summed E-state index contributed by atoms with van der Waals surface area (Å²) in [5.74, 6) is 1.73. The first-order valence-electron chi connectivity index (χ1n) is 10.4. The molecule has 0 amide bonds. The van der Waals surface area contributed by atoms with Crippen LogP contribution in [-0.4, -0.2) is 67.4 Å². The highest BCUT2D eigenvalue weighted by molar-refractivity contribution is 5.80. The molecule has 0 radical (unpaired) electrons. The van der Waals surface area contributed by atoms with Crippen molar-refractivity contribution in [1.29, 1.82) is 0 Å². The maximum Gasteiger partial charge on any atom is 0.120 e. The Morgan fingerprint density at radius 1 is 0.750 bits per heavy atom. The van der Waals surface area contributed by atoms with Gasteiger partial charge in [0.05, 0.1) is 0 Å². The molecular weight excluding hydrogens is 352 g/mol. The van der Waals surface area contributed by atoms with E-state index < -0.39 is 6.10 Å². The van der Waals surface area contributed by atoms with Crippen LogP contribution in [0.15, 0.2) is 36.4 Å². The summed E-state index contributed by atoms with van der Waals surface area (Å²) in [5, 5.41) is 10.7. The summed E-state index contributed by atoms with van der Waals surface area (Å²) in [5.41, 5.74) is 4.00. The van der Waals surface area contributed by atoms with E-state index in [1.165, 1.54) is 39.0 Å². The highest BCUT2D eigenvalue weighted by Gasteiger charge is 2.28. The maximum atomic E-state index is 10.7. The fourth-order valence-electron chi connectivity index (χ4n) is 4.16. The Balaban J connectivity index is 1.28. The number of ether oxygens (including phenoxy) is 2. The van der Waals surface area contributed by atoms with Crippen LogP contribution in [-0.2, 0) is 0 Å². The van der Waals surface area contributed by atoms with E-state index in [2.05, 4.69) is 21.9 Å². The molecule has 28 heavy (non-hydrogen) atoms. The van der Waals surface area contributed by atoms with Gasteiger partial charge in [0.25, 0.3) is 0 Å². The lowest BCUT2D eigenvalue weighted by molar-refractivity contribution is 0.147. The van der Waals surface area contributed by atoms with Gasteiger partial charge in [-0.15, -0.1) is 0 Å². The predicted octanol–water partition coefficient (Wildman–Crippen LogP) is 2.92. The van der Waals surface area contributed by atoms with Crippen molar-refractivity contribution >= 4 is 0 Å². The molecule has 148 valence electrons. The summed E-state index contributed by atoms with van der Waals surface area (Å²) in [6.45, 7) is 8.11. The van der Waals surface area contributed by atoms with Gasteiger partial charge in [-0.2, -0.15) is 0 Å².